The molecule has 0 spiro atoms. The van der Waals surface area contributed by atoms with Gasteiger partial charge in [0.1, 0.15) is 0 Å². The van der Waals surface area contributed by atoms with Crippen LogP contribution in [0.2, 0.25) is 0 Å². The van der Waals surface area contributed by atoms with Crippen LogP contribution in [-0.4, -0.2) is 35.6 Å². The summed E-state index contributed by atoms with van der Waals surface area (Å²) >= 11 is 0.0172. The molecular formula is C12H23INO-. The predicted molar refractivity (Wildman–Crippen MR) is 58.4 cm³/mol. The molecular weight excluding hydrogens is 301 g/mol. The van der Waals surface area contributed by atoms with Crippen molar-refractivity contribution < 1.29 is 24.7 Å². The average molecular weight is 324 g/mol. The van der Waals surface area contributed by atoms with Gasteiger partial charge in [0.2, 0.25) is 0 Å². The Hall–Kier alpha value is 0.650. The molecule has 0 N–H and O–H groups in total. The molecule has 0 saturated carbocycles. The molecule has 2 heterocycles. The molecule has 3 unspecified atom stereocenters. The van der Waals surface area contributed by atoms with Crippen molar-refractivity contribution in [3.05, 3.63) is 0 Å². The van der Waals surface area contributed by atoms with Crippen molar-refractivity contribution >= 4 is 0 Å². The van der Waals surface area contributed by atoms with Crippen LogP contribution in [0.3, 0.4) is 0 Å². The van der Waals surface area contributed by atoms with Crippen LogP contribution in [-0.2, 0) is 3.07 Å². The Balaban J connectivity index is 1.99. The van der Waals surface area contributed by atoms with Gasteiger partial charge in [-0.25, -0.2) is 0 Å². The van der Waals surface area contributed by atoms with Gasteiger partial charge in [0.05, 0.1) is 0 Å². The van der Waals surface area contributed by atoms with E-state index in [9.17, 15) is 0 Å². The number of rotatable bonds is 2. The third kappa shape index (κ3) is 3.30. The van der Waals surface area contributed by atoms with Crippen molar-refractivity contribution in [1.29, 1.82) is 0 Å². The molecule has 2 rings (SSSR count). The zero-order valence-corrected chi connectivity index (χ0v) is 12.1. The van der Waals surface area contributed by atoms with Gasteiger partial charge in [-0.15, -0.1) is 0 Å². The molecule has 90 valence electrons. The topological polar surface area (TPSA) is 12.5 Å². The van der Waals surface area contributed by atoms with Gasteiger partial charge in [-0.3, -0.25) is 0 Å². The Morgan fingerprint density at radius 1 is 1.20 bits per heavy atom. The molecule has 15 heavy (non-hydrogen) atoms. The van der Waals surface area contributed by atoms with E-state index in [2.05, 4.69) is 16.9 Å². The third-order valence-corrected chi connectivity index (χ3v) is 5.18. The van der Waals surface area contributed by atoms with Crippen LogP contribution in [0, 0.1) is 5.92 Å². The van der Waals surface area contributed by atoms with Crippen molar-refractivity contribution in [2.75, 3.05) is 18.5 Å². The van der Waals surface area contributed by atoms with E-state index in [0.717, 1.165) is 12.0 Å². The van der Waals surface area contributed by atoms with E-state index >= 15 is 0 Å². The minimum absolute atomic E-state index is 0.0172. The second-order valence-electron chi connectivity index (χ2n) is 5.07. The standard InChI is InChI=1S/C12H23INO/c1-13-15-12-7-6-11-5-3-4-10(8-12)9-14(11)2/h10-12H,3-9H2,1-2H3/q-1. The van der Waals surface area contributed by atoms with Gasteiger partial charge < -0.3 is 0 Å². The molecule has 2 saturated heterocycles. The van der Waals surface area contributed by atoms with E-state index < -0.39 is 0 Å². The van der Waals surface area contributed by atoms with Gasteiger partial charge in [0, 0.05) is 0 Å². The van der Waals surface area contributed by atoms with Crippen LogP contribution in [0.15, 0.2) is 0 Å². The number of alkyl halides is 1. The van der Waals surface area contributed by atoms with Crippen LogP contribution in [0.1, 0.15) is 38.5 Å². The molecule has 0 radical (unpaired) electrons. The Morgan fingerprint density at radius 3 is 2.87 bits per heavy atom. The Kier molecular flexibility index (Phi) is 4.70. The molecule has 0 aromatic carbocycles. The van der Waals surface area contributed by atoms with Gasteiger partial charge in [-0.05, 0) is 0 Å². The monoisotopic (exact) mass is 324 g/mol. The van der Waals surface area contributed by atoms with E-state index in [0.29, 0.717) is 6.10 Å². The SMILES string of the molecule is C[I-]OC1CCC2CCCC(C1)CN2C. The van der Waals surface area contributed by atoms with Gasteiger partial charge in [0.15, 0.2) is 0 Å². The van der Waals surface area contributed by atoms with Crippen molar-refractivity contribution in [3.8, 4) is 0 Å². The molecule has 0 amide bonds. The fourth-order valence-corrected chi connectivity index (χ4v) is 4.32. The van der Waals surface area contributed by atoms with Gasteiger partial charge in [-0.2, -0.15) is 0 Å². The number of halogens is 1. The van der Waals surface area contributed by atoms with Crippen molar-refractivity contribution in [2.45, 2.75) is 50.7 Å². The normalized spacial score (nSPS) is 38.7. The first-order valence-electron chi connectivity index (χ1n) is 6.15. The molecule has 2 nitrogen and oxygen atoms in total. The van der Waals surface area contributed by atoms with E-state index in [1.165, 1.54) is 45.1 Å². The van der Waals surface area contributed by atoms with Crippen LogP contribution in [0.4, 0.5) is 0 Å². The summed E-state index contributed by atoms with van der Waals surface area (Å²) in [6.07, 6.45) is 8.88. The number of hydrogen-bond donors (Lipinski definition) is 0. The maximum atomic E-state index is 5.95. The fourth-order valence-electron chi connectivity index (χ4n) is 3.14. The van der Waals surface area contributed by atoms with Gasteiger partial charge in [-0.1, -0.05) is 0 Å². The average Bonchev–Trinajstić information content (AvgIpc) is 2.31. The van der Waals surface area contributed by atoms with Gasteiger partial charge >= 0.3 is 105 Å². The van der Waals surface area contributed by atoms with Crippen LogP contribution < -0.4 is 21.6 Å². The minimum atomic E-state index is 0.0172. The van der Waals surface area contributed by atoms with E-state index in [-0.39, 0.29) is 21.6 Å². The summed E-state index contributed by atoms with van der Waals surface area (Å²) in [6, 6.07) is 0.844. The van der Waals surface area contributed by atoms with Crippen molar-refractivity contribution in [1.82, 2.24) is 4.90 Å². The zero-order chi connectivity index (χ0) is 10.7. The summed E-state index contributed by atoms with van der Waals surface area (Å²) in [5, 5.41) is 0. The van der Waals surface area contributed by atoms with Crippen molar-refractivity contribution in [2.24, 2.45) is 5.92 Å². The predicted octanol–water partition coefficient (Wildman–Crippen LogP) is -0.710. The Bertz CT molecular complexity index is 200. The molecule has 0 aromatic heterocycles. The second kappa shape index (κ2) is 5.82. The first kappa shape index (κ1) is 12.1. The van der Waals surface area contributed by atoms with Crippen LogP contribution >= 0.6 is 0 Å². The molecule has 0 aromatic rings. The quantitative estimate of drug-likeness (QED) is 0.492. The zero-order valence-electron chi connectivity index (χ0n) is 9.92. The van der Waals surface area contributed by atoms with Gasteiger partial charge in [0.25, 0.3) is 0 Å². The summed E-state index contributed by atoms with van der Waals surface area (Å²) in [6.45, 7) is 1.31. The number of hydrogen-bond acceptors (Lipinski definition) is 2. The molecule has 2 bridgehead atoms. The van der Waals surface area contributed by atoms with Crippen LogP contribution in [0.25, 0.3) is 0 Å². The molecule has 3 atom stereocenters. The molecule has 2 aliphatic heterocycles. The number of nitrogens with zero attached hydrogens (tertiary/aromatic N) is 1. The molecule has 2 fully saturated rings. The first-order chi connectivity index (χ1) is 7.29. The second-order valence-corrected chi connectivity index (χ2v) is 6.46. The third-order valence-electron chi connectivity index (χ3n) is 3.95. The molecule has 2 aliphatic rings. The summed E-state index contributed by atoms with van der Waals surface area (Å²) in [7, 11) is 2.32. The first-order valence-corrected chi connectivity index (χ1v) is 9.19. The van der Waals surface area contributed by atoms with E-state index in [1.54, 1.807) is 0 Å². The van der Waals surface area contributed by atoms with E-state index in [4.69, 9.17) is 3.07 Å². The Morgan fingerprint density at radius 2 is 2.07 bits per heavy atom. The summed E-state index contributed by atoms with van der Waals surface area (Å²) in [5.41, 5.74) is 0. The van der Waals surface area contributed by atoms with E-state index in [1.807, 2.05) is 0 Å². The summed E-state index contributed by atoms with van der Waals surface area (Å²) < 4.78 is 5.95. The fraction of sp³-hybridized carbons (Fsp3) is 1.00. The summed E-state index contributed by atoms with van der Waals surface area (Å²) in [4.78, 5) is 4.84. The number of fused-ring (bicyclic) bond motifs is 3. The summed E-state index contributed by atoms with van der Waals surface area (Å²) in [5.74, 6) is 0.904. The maximum absolute atomic E-state index is 5.95. The Labute approximate surface area is 105 Å². The molecule has 0 aliphatic carbocycles. The van der Waals surface area contributed by atoms with Crippen LogP contribution in [0.5, 0.6) is 0 Å². The van der Waals surface area contributed by atoms with Crippen molar-refractivity contribution in [3.63, 3.8) is 0 Å². The molecule has 3 heteroatoms.